The van der Waals surface area contributed by atoms with Crippen molar-refractivity contribution in [3.63, 3.8) is 0 Å². The SMILES string of the molecule is N#Cc1ccc(-c2ccncc2)cc1O. The quantitative estimate of drug-likeness (QED) is 0.761. The standard InChI is InChI=1S/C12H8N2O/c13-8-11-2-1-10(7-12(11)15)9-3-5-14-6-4-9/h1-7,15H. The van der Waals surface area contributed by atoms with Crippen LogP contribution in [0.15, 0.2) is 42.7 Å². The van der Waals surface area contributed by atoms with Crippen molar-refractivity contribution in [1.29, 1.82) is 5.26 Å². The molecule has 0 bridgehead atoms. The van der Waals surface area contributed by atoms with Gasteiger partial charge in [0.25, 0.3) is 0 Å². The van der Waals surface area contributed by atoms with Crippen LogP contribution in [0.25, 0.3) is 11.1 Å². The number of phenols is 1. The van der Waals surface area contributed by atoms with E-state index in [1.807, 2.05) is 18.2 Å². The molecule has 0 aliphatic carbocycles. The molecule has 0 saturated carbocycles. The van der Waals surface area contributed by atoms with Gasteiger partial charge in [-0.2, -0.15) is 5.26 Å². The molecule has 72 valence electrons. The van der Waals surface area contributed by atoms with Crippen LogP contribution in [-0.2, 0) is 0 Å². The van der Waals surface area contributed by atoms with E-state index >= 15 is 0 Å². The first-order valence-corrected chi connectivity index (χ1v) is 4.45. The van der Waals surface area contributed by atoms with Gasteiger partial charge < -0.3 is 5.11 Å². The van der Waals surface area contributed by atoms with Gasteiger partial charge in [-0.1, -0.05) is 6.07 Å². The number of phenolic OH excluding ortho intramolecular Hbond substituents is 1. The van der Waals surface area contributed by atoms with Gasteiger partial charge in [-0.3, -0.25) is 4.98 Å². The number of aromatic nitrogens is 1. The summed E-state index contributed by atoms with van der Waals surface area (Å²) in [6.07, 6.45) is 3.37. The van der Waals surface area contributed by atoms with E-state index in [2.05, 4.69) is 4.98 Å². The van der Waals surface area contributed by atoms with Gasteiger partial charge in [0.05, 0.1) is 5.56 Å². The number of hydrogen-bond acceptors (Lipinski definition) is 3. The second-order valence-corrected chi connectivity index (χ2v) is 3.08. The van der Waals surface area contributed by atoms with E-state index in [9.17, 15) is 5.11 Å². The summed E-state index contributed by atoms with van der Waals surface area (Å²) in [4.78, 5) is 3.91. The van der Waals surface area contributed by atoms with E-state index in [4.69, 9.17) is 5.26 Å². The molecule has 1 aromatic carbocycles. The maximum atomic E-state index is 9.51. The molecule has 2 aromatic rings. The van der Waals surface area contributed by atoms with E-state index in [1.54, 1.807) is 30.6 Å². The first-order chi connectivity index (χ1) is 7.31. The Balaban J connectivity index is 2.49. The molecule has 1 heterocycles. The maximum Gasteiger partial charge on any atom is 0.133 e. The van der Waals surface area contributed by atoms with Gasteiger partial charge in [0.15, 0.2) is 0 Å². The van der Waals surface area contributed by atoms with Crippen LogP contribution < -0.4 is 0 Å². The molecule has 0 aliphatic rings. The highest BCUT2D eigenvalue weighted by molar-refractivity contribution is 5.66. The third-order valence-electron chi connectivity index (χ3n) is 2.13. The monoisotopic (exact) mass is 196 g/mol. The lowest BCUT2D eigenvalue weighted by Crippen LogP contribution is -1.81. The summed E-state index contributed by atoms with van der Waals surface area (Å²) in [7, 11) is 0. The zero-order valence-corrected chi connectivity index (χ0v) is 7.88. The van der Waals surface area contributed by atoms with Crippen LogP contribution in [0.4, 0.5) is 0 Å². The fraction of sp³-hybridized carbons (Fsp3) is 0. The molecule has 0 unspecified atom stereocenters. The van der Waals surface area contributed by atoms with E-state index in [-0.39, 0.29) is 11.3 Å². The molecule has 1 aromatic heterocycles. The van der Waals surface area contributed by atoms with Crippen LogP contribution >= 0.6 is 0 Å². The Morgan fingerprint density at radius 3 is 2.40 bits per heavy atom. The summed E-state index contributed by atoms with van der Waals surface area (Å²) in [5.41, 5.74) is 2.12. The van der Waals surface area contributed by atoms with E-state index in [0.717, 1.165) is 11.1 Å². The predicted molar refractivity (Wildman–Crippen MR) is 56.1 cm³/mol. The van der Waals surface area contributed by atoms with Gasteiger partial charge in [-0.25, -0.2) is 0 Å². The number of nitriles is 1. The van der Waals surface area contributed by atoms with Crippen molar-refractivity contribution < 1.29 is 5.11 Å². The topological polar surface area (TPSA) is 56.9 Å². The molecule has 0 amide bonds. The molecular weight excluding hydrogens is 188 g/mol. The molecule has 0 saturated heterocycles. The Labute approximate surface area is 87.3 Å². The minimum atomic E-state index is 0.00631. The Morgan fingerprint density at radius 2 is 1.80 bits per heavy atom. The Morgan fingerprint density at radius 1 is 1.07 bits per heavy atom. The van der Waals surface area contributed by atoms with Crippen LogP contribution in [0.2, 0.25) is 0 Å². The highest BCUT2D eigenvalue weighted by Gasteiger charge is 2.02. The van der Waals surface area contributed by atoms with Gasteiger partial charge in [0.1, 0.15) is 11.8 Å². The molecule has 0 fully saturated rings. The largest absolute Gasteiger partial charge is 0.507 e. The van der Waals surface area contributed by atoms with Crippen LogP contribution in [0, 0.1) is 11.3 Å². The number of nitrogens with zero attached hydrogens (tertiary/aromatic N) is 2. The fourth-order valence-electron chi connectivity index (χ4n) is 1.35. The second kappa shape index (κ2) is 3.81. The van der Waals surface area contributed by atoms with Crippen LogP contribution in [0.5, 0.6) is 5.75 Å². The van der Waals surface area contributed by atoms with Crippen molar-refractivity contribution in [3.8, 4) is 22.9 Å². The molecular formula is C12H8N2O. The van der Waals surface area contributed by atoms with E-state index in [0.29, 0.717) is 0 Å². The number of benzene rings is 1. The average molecular weight is 196 g/mol. The zero-order valence-electron chi connectivity index (χ0n) is 7.88. The summed E-state index contributed by atoms with van der Waals surface area (Å²) in [5.74, 6) is 0.00631. The molecule has 15 heavy (non-hydrogen) atoms. The van der Waals surface area contributed by atoms with Crippen molar-refractivity contribution in [2.24, 2.45) is 0 Å². The highest BCUT2D eigenvalue weighted by atomic mass is 16.3. The number of rotatable bonds is 1. The normalized spacial score (nSPS) is 9.53. The Kier molecular flexibility index (Phi) is 2.34. The fourth-order valence-corrected chi connectivity index (χ4v) is 1.35. The number of hydrogen-bond donors (Lipinski definition) is 1. The summed E-state index contributed by atoms with van der Waals surface area (Å²) >= 11 is 0. The molecule has 3 nitrogen and oxygen atoms in total. The molecule has 0 radical (unpaired) electrons. The van der Waals surface area contributed by atoms with Crippen molar-refractivity contribution in [2.75, 3.05) is 0 Å². The Bertz CT molecular complexity index is 515. The smallest absolute Gasteiger partial charge is 0.133 e. The average Bonchev–Trinajstić information content (AvgIpc) is 2.30. The first kappa shape index (κ1) is 9.22. The van der Waals surface area contributed by atoms with Crippen LogP contribution in [0.1, 0.15) is 5.56 Å². The van der Waals surface area contributed by atoms with Crippen molar-refractivity contribution in [1.82, 2.24) is 4.98 Å². The highest BCUT2D eigenvalue weighted by Crippen LogP contribution is 2.25. The Hall–Kier alpha value is -2.34. The lowest BCUT2D eigenvalue weighted by atomic mass is 10.0. The third-order valence-corrected chi connectivity index (χ3v) is 2.13. The summed E-state index contributed by atoms with van der Waals surface area (Å²) in [6.45, 7) is 0. The molecule has 2 rings (SSSR count). The van der Waals surface area contributed by atoms with Crippen molar-refractivity contribution in [3.05, 3.63) is 48.3 Å². The van der Waals surface area contributed by atoms with Gasteiger partial charge in [0, 0.05) is 12.4 Å². The predicted octanol–water partition coefficient (Wildman–Crippen LogP) is 2.33. The molecule has 3 heteroatoms. The summed E-state index contributed by atoms with van der Waals surface area (Å²) < 4.78 is 0. The van der Waals surface area contributed by atoms with E-state index in [1.165, 1.54) is 0 Å². The van der Waals surface area contributed by atoms with Crippen molar-refractivity contribution in [2.45, 2.75) is 0 Å². The minimum Gasteiger partial charge on any atom is -0.507 e. The maximum absolute atomic E-state index is 9.51. The van der Waals surface area contributed by atoms with Gasteiger partial charge in [-0.05, 0) is 35.4 Å². The van der Waals surface area contributed by atoms with Crippen LogP contribution in [0.3, 0.4) is 0 Å². The molecule has 0 atom stereocenters. The van der Waals surface area contributed by atoms with Gasteiger partial charge in [0.2, 0.25) is 0 Å². The molecule has 0 aliphatic heterocycles. The zero-order chi connectivity index (χ0) is 10.7. The number of pyridine rings is 1. The number of aromatic hydroxyl groups is 1. The van der Waals surface area contributed by atoms with Gasteiger partial charge in [-0.15, -0.1) is 0 Å². The first-order valence-electron chi connectivity index (χ1n) is 4.45. The van der Waals surface area contributed by atoms with Crippen molar-refractivity contribution >= 4 is 0 Å². The van der Waals surface area contributed by atoms with Crippen LogP contribution in [-0.4, -0.2) is 10.1 Å². The molecule has 0 spiro atoms. The third kappa shape index (κ3) is 1.79. The summed E-state index contributed by atoms with van der Waals surface area (Å²) in [6, 6.07) is 10.6. The minimum absolute atomic E-state index is 0.00631. The lowest BCUT2D eigenvalue weighted by Gasteiger charge is -2.02. The van der Waals surface area contributed by atoms with Gasteiger partial charge >= 0.3 is 0 Å². The molecule has 1 N–H and O–H groups in total. The summed E-state index contributed by atoms with van der Waals surface area (Å²) in [5, 5.41) is 18.2. The second-order valence-electron chi connectivity index (χ2n) is 3.08. The van der Waals surface area contributed by atoms with E-state index < -0.39 is 0 Å². The lowest BCUT2D eigenvalue weighted by molar-refractivity contribution is 0.474.